The average molecular weight is 341 g/mol. The Morgan fingerprint density at radius 2 is 1.72 bits per heavy atom. The number of carbonyl (C=O) groups is 2. The van der Waals surface area contributed by atoms with E-state index in [-0.39, 0.29) is 5.41 Å². The van der Waals surface area contributed by atoms with Crippen molar-refractivity contribution in [2.75, 3.05) is 0 Å². The minimum absolute atomic E-state index is 0.00609. The first-order valence-electron chi connectivity index (χ1n) is 10.3. The molecular weight excluding hydrogens is 308 g/mol. The van der Waals surface area contributed by atoms with Crippen LogP contribution in [0.5, 0.6) is 0 Å². The molecule has 4 aliphatic carbocycles. The maximum atomic E-state index is 12.0. The third-order valence-electron chi connectivity index (χ3n) is 9.62. The summed E-state index contributed by atoms with van der Waals surface area (Å²) < 4.78 is 0. The van der Waals surface area contributed by atoms with E-state index in [1.807, 2.05) is 0 Å². The molecule has 0 amide bonds. The molecule has 0 aromatic rings. The molecule has 2 unspecified atom stereocenters. The fourth-order valence-corrected chi connectivity index (χ4v) is 7.95. The normalized spacial score (nSPS) is 54.5. The lowest BCUT2D eigenvalue weighted by Crippen LogP contribution is -2.55. The van der Waals surface area contributed by atoms with Crippen LogP contribution in [0.25, 0.3) is 0 Å². The molecule has 2 nitrogen and oxygen atoms in total. The van der Waals surface area contributed by atoms with E-state index < -0.39 is 5.41 Å². The Kier molecular flexibility index (Phi) is 3.95. The van der Waals surface area contributed by atoms with Crippen LogP contribution in [0.2, 0.25) is 0 Å². The number of fused-ring (bicyclic) bond motifs is 5. The highest BCUT2D eigenvalue weighted by molar-refractivity contribution is 5.67. The predicted octanol–water partition coefficient (Wildman–Crippen LogP) is 4.66. The summed E-state index contributed by atoms with van der Waals surface area (Å²) in [6, 6.07) is 0. The molecule has 4 fully saturated rings. The third kappa shape index (κ3) is 2.11. The monoisotopic (exact) mass is 340 g/mol. The van der Waals surface area contributed by atoms with Crippen LogP contribution in [-0.2, 0) is 9.59 Å². The van der Waals surface area contributed by atoms with Crippen molar-refractivity contribution in [3.05, 3.63) is 0 Å². The molecule has 0 spiro atoms. The second-order valence-electron chi connectivity index (χ2n) is 10.1. The molecule has 0 saturated heterocycles. The van der Waals surface area contributed by atoms with Crippen LogP contribution in [0.4, 0.5) is 0 Å². The Hall–Kier alpha value is -1.10. The van der Waals surface area contributed by atoms with Crippen molar-refractivity contribution in [2.45, 2.75) is 71.6 Å². The molecule has 4 saturated carbocycles. The molecule has 0 bridgehead atoms. The lowest BCUT2D eigenvalue weighted by atomic mass is 9.43. The second kappa shape index (κ2) is 5.70. The lowest BCUT2D eigenvalue weighted by molar-refractivity contribution is -0.137. The van der Waals surface area contributed by atoms with Gasteiger partial charge in [0.2, 0.25) is 0 Å². The van der Waals surface area contributed by atoms with E-state index in [4.69, 9.17) is 6.42 Å². The molecule has 8 atom stereocenters. The van der Waals surface area contributed by atoms with Gasteiger partial charge in [0.05, 0.1) is 5.41 Å². The SMILES string of the molecule is C#C[C@]1(C=O)CC[C@H]2[C@@H]3CCC4CC(C=O)CC[C@]4(C)[C@H]3CC[C@@]21C. The molecule has 25 heavy (non-hydrogen) atoms. The third-order valence-corrected chi connectivity index (χ3v) is 9.62. The highest BCUT2D eigenvalue weighted by Gasteiger charge is 2.64. The quantitative estimate of drug-likeness (QED) is 0.541. The van der Waals surface area contributed by atoms with Gasteiger partial charge < -0.3 is 9.59 Å². The highest BCUT2D eigenvalue weighted by Crippen LogP contribution is 2.70. The molecule has 0 aliphatic heterocycles. The van der Waals surface area contributed by atoms with Crippen LogP contribution in [-0.4, -0.2) is 12.6 Å². The number of hydrogen-bond acceptors (Lipinski definition) is 2. The Balaban J connectivity index is 1.64. The second-order valence-corrected chi connectivity index (χ2v) is 10.1. The van der Waals surface area contributed by atoms with E-state index >= 15 is 0 Å². The zero-order chi connectivity index (χ0) is 17.9. The molecule has 0 aromatic heterocycles. The Labute approximate surface area is 152 Å². The summed E-state index contributed by atoms with van der Waals surface area (Å²) in [6.07, 6.45) is 18.4. The van der Waals surface area contributed by atoms with Gasteiger partial charge in [-0.1, -0.05) is 19.8 Å². The number of carbonyl (C=O) groups excluding carboxylic acids is 2. The average Bonchev–Trinajstić information content (AvgIpc) is 2.93. The minimum Gasteiger partial charge on any atom is -0.303 e. The topological polar surface area (TPSA) is 34.1 Å². The molecule has 136 valence electrons. The summed E-state index contributed by atoms with van der Waals surface area (Å²) in [5.41, 5.74) is -0.143. The maximum absolute atomic E-state index is 12.0. The van der Waals surface area contributed by atoms with Gasteiger partial charge in [0.1, 0.15) is 12.6 Å². The van der Waals surface area contributed by atoms with Gasteiger partial charge in [0, 0.05) is 5.92 Å². The van der Waals surface area contributed by atoms with Gasteiger partial charge in [0.15, 0.2) is 0 Å². The van der Waals surface area contributed by atoms with Gasteiger partial charge in [0.25, 0.3) is 0 Å². The van der Waals surface area contributed by atoms with E-state index in [9.17, 15) is 9.59 Å². The zero-order valence-corrected chi connectivity index (χ0v) is 15.8. The maximum Gasteiger partial charge on any atom is 0.138 e. The van der Waals surface area contributed by atoms with Gasteiger partial charge in [-0.3, -0.25) is 0 Å². The largest absolute Gasteiger partial charge is 0.303 e. The van der Waals surface area contributed by atoms with Gasteiger partial charge in [-0.2, -0.15) is 0 Å². The number of aldehydes is 2. The van der Waals surface area contributed by atoms with Crippen molar-refractivity contribution in [3.63, 3.8) is 0 Å². The summed E-state index contributed by atoms with van der Waals surface area (Å²) in [6.45, 7) is 4.83. The van der Waals surface area contributed by atoms with Crippen molar-refractivity contribution in [2.24, 2.45) is 45.8 Å². The van der Waals surface area contributed by atoms with Crippen molar-refractivity contribution in [3.8, 4) is 12.3 Å². The van der Waals surface area contributed by atoms with E-state index in [2.05, 4.69) is 19.8 Å². The first-order chi connectivity index (χ1) is 11.9. The van der Waals surface area contributed by atoms with E-state index in [0.29, 0.717) is 23.2 Å². The lowest BCUT2D eigenvalue weighted by Gasteiger charge is -2.61. The van der Waals surface area contributed by atoms with Crippen LogP contribution >= 0.6 is 0 Å². The van der Waals surface area contributed by atoms with Crippen LogP contribution in [0.3, 0.4) is 0 Å². The van der Waals surface area contributed by atoms with Gasteiger partial charge >= 0.3 is 0 Å². The standard InChI is InChI=1S/C23H32O2/c1-4-23(15-25)12-9-20-18-6-5-17-13-16(14-24)7-10-21(17,2)19(18)8-11-22(20,23)3/h1,14-20H,5-13H2,2-3H3/t16?,17?,18-,19+,20+,21+,22+,23-/m1/s1. The minimum atomic E-state index is -0.532. The Morgan fingerprint density at radius 1 is 0.960 bits per heavy atom. The van der Waals surface area contributed by atoms with Crippen LogP contribution < -0.4 is 0 Å². The van der Waals surface area contributed by atoms with Crippen molar-refractivity contribution in [1.29, 1.82) is 0 Å². The smallest absolute Gasteiger partial charge is 0.138 e. The van der Waals surface area contributed by atoms with Crippen molar-refractivity contribution < 1.29 is 9.59 Å². The fourth-order valence-electron chi connectivity index (χ4n) is 7.95. The van der Waals surface area contributed by atoms with E-state index in [0.717, 1.165) is 50.2 Å². The number of rotatable bonds is 2. The summed E-state index contributed by atoms with van der Waals surface area (Å²) in [5.74, 6) is 6.03. The van der Waals surface area contributed by atoms with Crippen molar-refractivity contribution in [1.82, 2.24) is 0 Å². The molecule has 0 N–H and O–H groups in total. The van der Waals surface area contributed by atoms with E-state index in [1.54, 1.807) is 0 Å². The van der Waals surface area contributed by atoms with Gasteiger partial charge in [-0.25, -0.2) is 0 Å². The number of hydrogen-bond donors (Lipinski definition) is 0. The van der Waals surface area contributed by atoms with Crippen LogP contribution in [0.15, 0.2) is 0 Å². The molecule has 0 radical (unpaired) electrons. The summed E-state index contributed by atoms with van der Waals surface area (Å²) in [7, 11) is 0. The molecule has 2 heteroatoms. The summed E-state index contributed by atoms with van der Waals surface area (Å²) in [4.78, 5) is 23.3. The summed E-state index contributed by atoms with van der Waals surface area (Å²) in [5, 5.41) is 0. The van der Waals surface area contributed by atoms with Gasteiger partial charge in [-0.05, 0) is 92.3 Å². The molecule has 0 heterocycles. The Morgan fingerprint density at radius 3 is 2.40 bits per heavy atom. The highest BCUT2D eigenvalue weighted by atomic mass is 16.1. The fraction of sp³-hybridized carbons (Fsp3) is 0.826. The summed E-state index contributed by atoms with van der Waals surface area (Å²) >= 11 is 0. The zero-order valence-electron chi connectivity index (χ0n) is 15.8. The molecule has 0 aromatic carbocycles. The predicted molar refractivity (Wildman–Crippen MR) is 98.6 cm³/mol. The molecule has 4 aliphatic rings. The Bertz CT molecular complexity index is 618. The van der Waals surface area contributed by atoms with E-state index in [1.165, 1.54) is 32.0 Å². The van der Waals surface area contributed by atoms with Crippen LogP contribution in [0, 0.1) is 58.2 Å². The van der Waals surface area contributed by atoms with Crippen LogP contribution in [0.1, 0.15) is 71.6 Å². The number of terminal acetylenes is 1. The van der Waals surface area contributed by atoms with Crippen molar-refractivity contribution >= 4 is 12.6 Å². The molecular formula is C23H32O2. The first kappa shape index (κ1) is 17.3. The molecule has 4 rings (SSSR count). The first-order valence-corrected chi connectivity index (χ1v) is 10.3. The van der Waals surface area contributed by atoms with Gasteiger partial charge in [-0.15, -0.1) is 6.42 Å².